The summed E-state index contributed by atoms with van der Waals surface area (Å²) >= 11 is 0. The Morgan fingerprint density at radius 1 is 1.54 bits per heavy atom. The van der Waals surface area contributed by atoms with Gasteiger partial charge in [-0.1, -0.05) is 0 Å². The molecule has 0 N–H and O–H groups in total. The monoisotopic (exact) mass is 182 g/mol. The zero-order valence-corrected chi connectivity index (χ0v) is 7.82. The van der Waals surface area contributed by atoms with E-state index in [9.17, 15) is 9.59 Å². The molecular formula is C9H14N2O2. The van der Waals surface area contributed by atoms with Crippen LogP contribution >= 0.6 is 0 Å². The maximum Gasteiger partial charge on any atom is 0.239 e. The van der Waals surface area contributed by atoms with E-state index < -0.39 is 0 Å². The molecule has 72 valence electrons. The zero-order chi connectivity index (χ0) is 9.47. The van der Waals surface area contributed by atoms with Crippen LogP contribution in [0.2, 0.25) is 0 Å². The fourth-order valence-electron chi connectivity index (χ4n) is 2.29. The molecule has 1 amide bonds. The maximum absolute atomic E-state index is 11.5. The third-order valence-electron chi connectivity index (χ3n) is 3.35. The largest absolute Gasteiger partial charge is 0.301 e. The van der Waals surface area contributed by atoms with Gasteiger partial charge >= 0.3 is 0 Å². The highest BCUT2D eigenvalue weighted by Crippen LogP contribution is 2.44. The molecule has 0 unspecified atom stereocenters. The third-order valence-corrected chi connectivity index (χ3v) is 3.35. The molecule has 0 aromatic heterocycles. The molecule has 4 nitrogen and oxygen atoms in total. The van der Waals surface area contributed by atoms with Crippen molar-refractivity contribution in [2.75, 3.05) is 13.6 Å². The van der Waals surface area contributed by atoms with Crippen LogP contribution in [0.3, 0.4) is 0 Å². The number of hydrogen-bond acceptors (Lipinski definition) is 3. The summed E-state index contributed by atoms with van der Waals surface area (Å²) in [6, 6.07) is 0. The maximum atomic E-state index is 11.5. The van der Waals surface area contributed by atoms with Gasteiger partial charge in [-0.05, 0) is 19.3 Å². The van der Waals surface area contributed by atoms with Crippen molar-refractivity contribution in [2.45, 2.75) is 31.2 Å². The molecule has 4 heteroatoms. The van der Waals surface area contributed by atoms with E-state index in [1.165, 1.54) is 6.42 Å². The van der Waals surface area contributed by atoms with Crippen molar-refractivity contribution in [3.63, 3.8) is 0 Å². The van der Waals surface area contributed by atoms with Crippen LogP contribution < -0.4 is 0 Å². The van der Waals surface area contributed by atoms with Crippen LogP contribution in [0.4, 0.5) is 0 Å². The minimum atomic E-state index is 0.0695. The average Bonchev–Trinajstić information content (AvgIpc) is 2.28. The number of amides is 1. The van der Waals surface area contributed by atoms with Crippen LogP contribution in [0.25, 0.3) is 0 Å². The Morgan fingerprint density at radius 2 is 2.23 bits per heavy atom. The lowest BCUT2D eigenvalue weighted by Crippen LogP contribution is -2.52. The van der Waals surface area contributed by atoms with Gasteiger partial charge in [0.15, 0.2) is 0 Å². The second-order valence-electron chi connectivity index (χ2n) is 3.92. The molecule has 0 aromatic carbocycles. The number of rotatable bonds is 2. The van der Waals surface area contributed by atoms with Gasteiger partial charge in [-0.3, -0.25) is 9.80 Å². The normalized spacial score (nSPS) is 26.5. The van der Waals surface area contributed by atoms with E-state index in [2.05, 4.69) is 0 Å². The predicted molar refractivity (Wildman–Crippen MR) is 46.7 cm³/mol. The van der Waals surface area contributed by atoms with Crippen molar-refractivity contribution < 1.29 is 9.59 Å². The van der Waals surface area contributed by atoms with Gasteiger partial charge in [0.1, 0.15) is 6.29 Å². The van der Waals surface area contributed by atoms with Crippen LogP contribution in [0.1, 0.15) is 25.7 Å². The number of carbonyl (C=O) groups excluding carboxylic acids is 2. The summed E-state index contributed by atoms with van der Waals surface area (Å²) in [4.78, 5) is 21.9. The number of carbonyl (C=O) groups is 2. The van der Waals surface area contributed by atoms with Crippen LogP contribution in [0.15, 0.2) is 0 Å². The van der Waals surface area contributed by atoms with Gasteiger partial charge in [0.2, 0.25) is 5.91 Å². The topological polar surface area (TPSA) is 40.6 Å². The summed E-state index contributed by atoms with van der Waals surface area (Å²) < 4.78 is 0. The van der Waals surface area contributed by atoms with Crippen LogP contribution in [-0.4, -0.2) is 41.3 Å². The van der Waals surface area contributed by atoms with Crippen molar-refractivity contribution in [2.24, 2.45) is 0 Å². The summed E-state index contributed by atoms with van der Waals surface area (Å²) in [5.41, 5.74) is 0.0695. The Kier molecular flexibility index (Phi) is 1.87. The first-order chi connectivity index (χ1) is 6.19. The molecule has 1 heterocycles. The van der Waals surface area contributed by atoms with Crippen molar-refractivity contribution in [3.8, 4) is 0 Å². The average molecular weight is 182 g/mol. The van der Waals surface area contributed by atoms with E-state index in [1.54, 1.807) is 5.01 Å². The molecule has 0 bridgehead atoms. The first-order valence-corrected chi connectivity index (χ1v) is 4.67. The summed E-state index contributed by atoms with van der Waals surface area (Å²) in [7, 11) is 1.91. The summed E-state index contributed by atoms with van der Waals surface area (Å²) in [5, 5.41) is 3.53. The zero-order valence-electron chi connectivity index (χ0n) is 7.82. The van der Waals surface area contributed by atoms with Crippen LogP contribution in [-0.2, 0) is 9.59 Å². The molecule has 2 rings (SSSR count). The van der Waals surface area contributed by atoms with Crippen molar-refractivity contribution in [1.82, 2.24) is 10.0 Å². The second kappa shape index (κ2) is 2.80. The molecule has 2 aliphatic rings. The molecule has 2 fully saturated rings. The Balaban J connectivity index is 2.14. The highest BCUT2D eigenvalue weighted by atomic mass is 16.2. The number of nitrogens with zero attached hydrogens (tertiary/aromatic N) is 2. The fourth-order valence-corrected chi connectivity index (χ4v) is 2.29. The van der Waals surface area contributed by atoms with Gasteiger partial charge in [0.25, 0.3) is 0 Å². The summed E-state index contributed by atoms with van der Waals surface area (Å²) in [6.45, 7) is 0.205. The van der Waals surface area contributed by atoms with E-state index in [0.29, 0.717) is 6.42 Å². The molecular weight excluding hydrogens is 168 g/mol. The first kappa shape index (κ1) is 8.69. The van der Waals surface area contributed by atoms with E-state index in [1.807, 2.05) is 12.1 Å². The van der Waals surface area contributed by atoms with Gasteiger partial charge in [-0.15, -0.1) is 0 Å². The van der Waals surface area contributed by atoms with Gasteiger partial charge in [0, 0.05) is 19.0 Å². The van der Waals surface area contributed by atoms with E-state index in [0.717, 1.165) is 19.1 Å². The molecule has 1 saturated carbocycles. The molecule has 13 heavy (non-hydrogen) atoms. The molecule has 0 radical (unpaired) electrons. The smallest absolute Gasteiger partial charge is 0.239 e. The highest BCUT2D eigenvalue weighted by Gasteiger charge is 2.51. The second-order valence-corrected chi connectivity index (χ2v) is 3.92. The minimum Gasteiger partial charge on any atom is -0.301 e. The van der Waals surface area contributed by atoms with Crippen LogP contribution in [0.5, 0.6) is 0 Å². The Morgan fingerprint density at radius 3 is 2.62 bits per heavy atom. The molecule has 1 spiro atoms. The lowest BCUT2D eigenvalue weighted by molar-refractivity contribution is -0.142. The summed E-state index contributed by atoms with van der Waals surface area (Å²) in [6.07, 6.45) is 4.76. The Bertz CT molecular complexity index is 248. The molecule has 0 aromatic rings. The Hall–Kier alpha value is -0.900. The molecule has 1 aliphatic carbocycles. The Labute approximate surface area is 77.5 Å². The molecule has 0 atom stereocenters. The quantitative estimate of drug-likeness (QED) is 0.572. The van der Waals surface area contributed by atoms with E-state index >= 15 is 0 Å². The minimum absolute atomic E-state index is 0.0695. The number of aldehydes is 1. The number of hydrazine groups is 1. The van der Waals surface area contributed by atoms with Gasteiger partial charge in [0.05, 0.1) is 6.54 Å². The van der Waals surface area contributed by atoms with Gasteiger partial charge in [-0.25, -0.2) is 5.01 Å². The SMILES string of the molecule is CN1N(CC=O)C(=O)CC12CCC2. The number of hydrogen-bond donors (Lipinski definition) is 0. The standard InChI is InChI=1S/C9H14N2O2/c1-10-9(3-2-4-9)7-8(13)11(10)5-6-12/h6H,2-5,7H2,1H3. The predicted octanol–water partition coefficient (Wildman–Crippen LogP) is 0.187. The highest BCUT2D eigenvalue weighted by molar-refractivity contribution is 5.81. The van der Waals surface area contributed by atoms with Gasteiger partial charge in [-0.2, -0.15) is 0 Å². The van der Waals surface area contributed by atoms with E-state index in [4.69, 9.17) is 0 Å². The van der Waals surface area contributed by atoms with Crippen molar-refractivity contribution >= 4 is 12.2 Å². The van der Waals surface area contributed by atoms with Crippen molar-refractivity contribution in [1.29, 1.82) is 0 Å². The fraction of sp³-hybridized carbons (Fsp3) is 0.778. The van der Waals surface area contributed by atoms with Crippen molar-refractivity contribution in [3.05, 3.63) is 0 Å². The molecule has 1 saturated heterocycles. The third kappa shape index (κ3) is 1.09. The molecule has 1 aliphatic heterocycles. The van der Waals surface area contributed by atoms with Gasteiger partial charge < -0.3 is 4.79 Å². The van der Waals surface area contributed by atoms with E-state index in [-0.39, 0.29) is 18.0 Å². The lowest BCUT2D eigenvalue weighted by atomic mass is 9.75. The van der Waals surface area contributed by atoms with Crippen LogP contribution in [0, 0.1) is 0 Å². The lowest BCUT2D eigenvalue weighted by Gasteiger charge is -2.44. The summed E-state index contributed by atoms with van der Waals surface area (Å²) in [5.74, 6) is 0.0919. The first-order valence-electron chi connectivity index (χ1n) is 4.67.